The summed E-state index contributed by atoms with van der Waals surface area (Å²) in [5.74, 6) is 0.0189. The van der Waals surface area contributed by atoms with Gasteiger partial charge >= 0.3 is 0 Å². The summed E-state index contributed by atoms with van der Waals surface area (Å²) in [5.41, 5.74) is 6.49. The molecule has 0 saturated carbocycles. The Labute approximate surface area is 101 Å². The van der Waals surface area contributed by atoms with E-state index in [2.05, 4.69) is 0 Å². The van der Waals surface area contributed by atoms with Crippen LogP contribution >= 0.6 is 0 Å². The molecule has 1 aromatic rings. The van der Waals surface area contributed by atoms with Crippen LogP contribution in [0.25, 0.3) is 0 Å². The number of ether oxygens (including phenoxy) is 2. The van der Waals surface area contributed by atoms with E-state index in [4.69, 9.17) is 20.6 Å². The van der Waals surface area contributed by atoms with Crippen molar-refractivity contribution in [1.82, 2.24) is 0 Å². The Hall–Kier alpha value is -1.39. The molecule has 0 radical (unpaired) electrons. The van der Waals surface area contributed by atoms with Crippen LogP contribution in [0.1, 0.15) is 30.9 Å². The number of nitrogens with two attached hydrogens (primary N) is 1. The third-order valence-electron chi connectivity index (χ3n) is 2.81. The van der Waals surface area contributed by atoms with E-state index in [1.807, 2.05) is 30.3 Å². The standard InChI is InChI=1S/C13H18N2O2/c14-13(15)12(10-6-2-1-3-7-10)17-11-8-4-5-9-16-11/h1-3,6-7,11-12H,4-5,8-9H2,(H3,14,15)/t11-,12+/m1/s1. The van der Waals surface area contributed by atoms with Crippen LogP contribution in [0.3, 0.4) is 0 Å². The zero-order valence-corrected chi connectivity index (χ0v) is 9.76. The minimum absolute atomic E-state index is 0.0189. The molecule has 0 spiro atoms. The van der Waals surface area contributed by atoms with E-state index in [9.17, 15) is 0 Å². The Morgan fingerprint density at radius 2 is 2.12 bits per heavy atom. The van der Waals surface area contributed by atoms with E-state index >= 15 is 0 Å². The molecule has 92 valence electrons. The molecule has 2 rings (SSSR count). The smallest absolute Gasteiger partial charge is 0.159 e. The summed E-state index contributed by atoms with van der Waals surface area (Å²) in [6.45, 7) is 0.726. The van der Waals surface area contributed by atoms with Gasteiger partial charge in [0, 0.05) is 6.61 Å². The highest BCUT2D eigenvalue weighted by Crippen LogP contribution is 2.23. The van der Waals surface area contributed by atoms with Crippen LogP contribution in [-0.2, 0) is 9.47 Å². The molecule has 0 aromatic heterocycles. The summed E-state index contributed by atoms with van der Waals surface area (Å²) in [6, 6.07) is 9.58. The monoisotopic (exact) mass is 234 g/mol. The molecule has 1 aliphatic rings. The lowest BCUT2D eigenvalue weighted by atomic mass is 10.1. The molecule has 4 nitrogen and oxygen atoms in total. The highest BCUT2D eigenvalue weighted by molar-refractivity contribution is 5.83. The number of nitrogens with one attached hydrogen (secondary N) is 1. The zero-order chi connectivity index (χ0) is 12.1. The van der Waals surface area contributed by atoms with Crippen molar-refractivity contribution >= 4 is 5.84 Å². The van der Waals surface area contributed by atoms with Crippen LogP contribution in [0.5, 0.6) is 0 Å². The Morgan fingerprint density at radius 3 is 2.71 bits per heavy atom. The first-order valence-electron chi connectivity index (χ1n) is 5.93. The van der Waals surface area contributed by atoms with E-state index in [0.29, 0.717) is 0 Å². The van der Waals surface area contributed by atoms with Crippen molar-refractivity contribution in [2.24, 2.45) is 5.73 Å². The average Bonchev–Trinajstić information content (AvgIpc) is 2.38. The summed E-state index contributed by atoms with van der Waals surface area (Å²) in [5, 5.41) is 7.60. The van der Waals surface area contributed by atoms with Gasteiger partial charge < -0.3 is 15.2 Å². The summed E-state index contributed by atoms with van der Waals surface area (Å²) < 4.78 is 11.3. The van der Waals surface area contributed by atoms with Crippen LogP contribution in [0, 0.1) is 5.41 Å². The highest BCUT2D eigenvalue weighted by Gasteiger charge is 2.22. The van der Waals surface area contributed by atoms with Crippen molar-refractivity contribution < 1.29 is 9.47 Å². The average molecular weight is 234 g/mol. The fraction of sp³-hybridized carbons (Fsp3) is 0.462. The lowest BCUT2D eigenvalue weighted by molar-refractivity contribution is -0.176. The number of rotatable bonds is 4. The molecule has 1 aliphatic heterocycles. The van der Waals surface area contributed by atoms with Crippen LogP contribution in [0.4, 0.5) is 0 Å². The maximum Gasteiger partial charge on any atom is 0.159 e. The van der Waals surface area contributed by atoms with Crippen molar-refractivity contribution in [3.8, 4) is 0 Å². The minimum Gasteiger partial charge on any atom is -0.385 e. The highest BCUT2D eigenvalue weighted by atomic mass is 16.7. The molecule has 0 unspecified atom stereocenters. The van der Waals surface area contributed by atoms with E-state index < -0.39 is 6.10 Å². The van der Waals surface area contributed by atoms with Crippen molar-refractivity contribution in [2.45, 2.75) is 31.7 Å². The lowest BCUT2D eigenvalue weighted by Gasteiger charge is -2.27. The van der Waals surface area contributed by atoms with Gasteiger partial charge in [-0.2, -0.15) is 0 Å². The summed E-state index contributed by atoms with van der Waals surface area (Å²) in [4.78, 5) is 0. The molecule has 1 saturated heterocycles. The first kappa shape index (κ1) is 12.1. The summed E-state index contributed by atoms with van der Waals surface area (Å²) in [7, 11) is 0. The van der Waals surface area contributed by atoms with E-state index in [1.165, 1.54) is 0 Å². The van der Waals surface area contributed by atoms with Gasteiger partial charge in [0.1, 0.15) is 11.9 Å². The van der Waals surface area contributed by atoms with Crippen molar-refractivity contribution in [3.05, 3.63) is 35.9 Å². The third-order valence-corrected chi connectivity index (χ3v) is 2.81. The first-order valence-corrected chi connectivity index (χ1v) is 5.93. The molecule has 1 fully saturated rings. The third kappa shape index (κ3) is 3.28. The number of hydrogen-bond donors (Lipinski definition) is 2. The van der Waals surface area contributed by atoms with Crippen LogP contribution < -0.4 is 5.73 Å². The zero-order valence-electron chi connectivity index (χ0n) is 9.76. The van der Waals surface area contributed by atoms with Gasteiger partial charge in [-0.05, 0) is 24.8 Å². The Balaban J connectivity index is 2.05. The number of hydrogen-bond acceptors (Lipinski definition) is 3. The summed E-state index contributed by atoms with van der Waals surface area (Å²) >= 11 is 0. The minimum atomic E-state index is -0.501. The predicted octanol–water partition coefficient (Wildman–Crippen LogP) is 2.21. The second-order valence-electron chi connectivity index (χ2n) is 4.18. The summed E-state index contributed by atoms with van der Waals surface area (Å²) in [6.07, 6.45) is 2.31. The molecule has 1 heterocycles. The van der Waals surface area contributed by atoms with Gasteiger partial charge in [0.25, 0.3) is 0 Å². The number of benzene rings is 1. The number of amidine groups is 1. The molecular weight excluding hydrogens is 216 g/mol. The van der Waals surface area contributed by atoms with Crippen molar-refractivity contribution in [1.29, 1.82) is 5.41 Å². The molecule has 17 heavy (non-hydrogen) atoms. The molecule has 0 amide bonds. The predicted molar refractivity (Wildman–Crippen MR) is 65.8 cm³/mol. The SMILES string of the molecule is N=C(N)[C@@H](O[C@@H]1CCCCO1)c1ccccc1. The van der Waals surface area contributed by atoms with Gasteiger partial charge in [-0.25, -0.2) is 0 Å². The van der Waals surface area contributed by atoms with Crippen molar-refractivity contribution in [3.63, 3.8) is 0 Å². The Kier molecular flexibility index (Phi) is 4.12. The van der Waals surface area contributed by atoms with Gasteiger partial charge in [0.2, 0.25) is 0 Å². The van der Waals surface area contributed by atoms with Gasteiger partial charge in [0.15, 0.2) is 6.29 Å². The Bertz CT molecular complexity index is 361. The van der Waals surface area contributed by atoms with E-state index in [1.54, 1.807) is 0 Å². The van der Waals surface area contributed by atoms with Crippen LogP contribution in [-0.4, -0.2) is 18.7 Å². The van der Waals surface area contributed by atoms with Crippen molar-refractivity contribution in [2.75, 3.05) is 6.61 Å². The largest absolute Gasteiger partial charge is 0.385 e. The first-order chi connectivity index (χ1) is 8.27. The van der Waals surface area contributed by atoms with Gasteiger partial charge in [-0.1, -0.05) is 30.3 Å². The molecule has 1 aromatic carbocycles. The normalized spacial score (nSPS) is 22.0. The quantitative estimate of drug-likeness (QED) is 0.620. The van der Waals surface area contributed by atoms with E-state index in [-0.39, 0.29) is 12.1 Å². The molecule has 0 bridgehead atoms. The maximum atomic E-state index is 7.60. The van der Waals surface area contributed by atoms with Crippen LogP contribution in [0.15, 0.2) is 30.3 Å². The maximum absolute atomic E-state index is 7.60. The molecule has 4 heteroatoms. The van der Waals surface area contributed by atoms with E-state index in [0.717, 1.165) is 31.4 Å². The second-order valence-corrected chi connectivity index (χ2v) is 4.18. The van der Waals surface area contributed by atoms with Gasteiger partial charge in [-0.15, -0.1) is 0 Å². The van der Waals surface area contributed by atoms with Crippen LogP contribution in [0.2, 0.25) is 0 Å². The molecule has 0 aliphatic carbocycles. The van der Waals surface area contributed by atoms with Gasteiger partial charge in [-0.3, -0.25) is 5.41 Å². The second kappa shape index (κ2) is 5.80. The lowest BCUT2D eigenvalue weighted by Crippen LogP contribution is -2.30. The topological polar surface area (TPSA) is 68.3 Å². The fourth-order valence-electron chi connectivity index (χ4n) is 1.93. The molecule has 2 atom stereocenters. The Morgan fingerprint density at radius 1 is 1.35 bits per heavy atom. The fourth-order valence-corrected chi connectivity index (χ4v) is 1.93. The molecule has 3 N–H and O–H groups in total. The van der Waals surface area contributed by atoms with Gasteiger partial charge in [0.05, 0.1) is 0 Å². The molecular formula is C13H18N2O2.